The Balaban J connectivity index is 1.76. The summed E-state index contributed by atoms with van der Waals surface area (Å²) in [6.45, 7) is 9.20. The zero-order chi connectivity index (χ0) is 12.8. The fraction of sp³-hybridized carbons (Fsp3) is 0.929. The molecule has 1 amide bonds. The Hall–Kier alpha value is -0.610. The van der Waals surface area contributed by atoms with Crippen LogP contribution in [0.2, 0.25) is 0 Å². The van der Waals surface area contributed by atoms with Gasteiger partial charge in [0.1, 0.15) is 0 Å². The molecule has 2 saturated heterocycles. The molecule has 0 bridgehead atoms. The first-order valence-corrected chi connectivity index (χ1v) is 7.50. The zero-order valence-corrected chi connectivity index (χ0v) is 11.7. The van der Waals surface area contributed by atoms with Crippen LogP contribution in [-0.2, 0) is 4.79 Å². The van der Waals surface area contributed by atoms with E-state index in [1.54, 1.807) is 0 Å². The van der Waals surface area contributed by atoms with E-state index in [1.807, 2.05) is 4.90 Å². The van der Waals surface area contributed by atoms with Crippen LogP contribution >= 0.6 is 0 Å². The lowest BCUT2D eigenvalue weighted by atomic mass is 9.99. The molecule has 1 N–H and O–H groups in total. The number of nitrogens with one attached hydrogen (secondary N) is 1. The molecule has 0 spiro atoms. The number of carbonyl (C=O) groups is 1. The SMILES string of the molecule is CCCN(CC(=O)N1CCC1)CC1CCCNC1. The van der Waals surface area contributed by atoms with E-state index in [2.05, 4.69) is 17.1 Å². The molecule has 0 aliphatic carbocycles. The summed E-state index contributed by atoms with van der Waals surface area (Å²) in [6.07, 6.45) is 4.91. The van der Waals surface area contributed by atoms with Crippen LogP contribution in [0.25, 0.3) is 0 Å². The first kappa shape index (κ1) is 13.8. The van der Waals surface area contributed by atoms with E-state index in [1.165, 1.54) is 19.3 Å². The summed E-state index contributed by atoms with van der Waals surface area (Å²) in [4.78, 5) is 16.4. The maximum absolute atomic E-state index is 12.0. The Morgan fingerprint density at radius 1 is 1.39 bits per heavy atom. The van der Waals surface area contributed by atoms with Gasteiger partial charge in [-0.1, -0.05) is 6.92 Å². The lowest BCUT2D eigenvalue weighted by Gasteiger charge is -2.35. The van der Waals surface area contributed by atoms with Crippen molar-refractivity contribution in [2.45, 2.75) is 32.6 Å². The third-order valence-corrected chi connectivity index (χ3v) is 4.02. The highest BCUT2D eigenvalue weighted by molar-refractivity contribution is 5.78. The van der Waals surface area contributed by atoms with E-state index in [-0.39, 0.29) is 0 Å². The summed E-state index contributed by atoms with van der Waals surface area (Å²) in [5.41, 5.74) is 0. The van der Waals surface area contributed by atoms with E-state index in [4.69, 9.17) is 0 Å². The largest absolute Gasteiger partial charge is 0.341 e. The van der Waals surface area contributed by atoms with Crippen LogP contribution in [0.1, 0.15) is 32.6 Å². The fourth-order valence-corrected chi connectivity index (χ4v) is 2.85. The minimum atomic E-state index is 0.332. The Bertz CT molecular complexity index is 260. The minimum Gasteiger partial charge on any atom is -0.341 e. The van der Waals surface area contributed by atoms with Gasteiger partial charge in [-0.3, -0.25) is 9.69 Å². The van der Waals surface area contributed by atoms with Crippen LogP contribution in [0.15, 0.2) is 0 Å². The van der Waals surface area contributed by atoms with Crippen LogP contribution in [0.4, 0.5) is 0 Å². The van der Waals surface area contributed by atoms with Gasteiger partial charge in [0.2, 0.25) is 5.91 Å². The van der Waals surface area contributed by atoms with Gasteiger partial charge in [0.25, 0.3) is 0 Å². The molecule has 0 aromatic carbocycles. The average molecular weight is 253 g/mol. The van der Waals surface area contributed by atoms with E-state index in [0.29, 0.717) is 12.5 Å². The number of rotatable bonds is 6. The predicted octanol–water partition coefficient (Wildman–Crippen LogP) is 0.930. The smallest absolute Gasteiger partial charge is 0.236 e. The van der Waals surface area contributed by atoms with E-state index in [0.717, 1.165) is 51.6 Å². The monoisotopic (exact) mass is 253 g/mol. The van der Waals surface area contributed by atoms with E-state index >= 15 is 0 Å². The Morgan fingerprint density at radius 2 is 2.22 bits per heavy atom. The van der Waals surface area contributed by atoms with Crippen LogP contribution in [0.5, 0.6) is 0 Å². The van der Waals surface area contributed by atoms with Gasteiger partial charge in [-0.25, -0.2) is 0 Å². The summed E-state index contributed by atoms with van der Waals surface area (Å²) in [5, 5.41) is 3.46. The van der Waals surface area contributed by atoms with Crippen LogP contribution in [0.3, 0.4) is 0 Å². The molecule has 1 atom stereocenters. The maximum atomic E-state index is 12.0. The van der Waals surface area contributed by atoms with Crippen LogP contribution < -0.4 is 5.32 Å². The molecule has 1 unspecified atom stereocenters. The molecule has 2 fully saturated rings. The first-order valence-electron chi connectivity index (χ1n) is 7.50. The van der Waals surface area contributed by atoms with Gasteiger partial charge in [0.15, 0.2) is 0 Å². The number of nitrogens with zero attached hydrogens (tertiary/aromatic N) is 2. The minimum absolute atomic E-state index is 0.332. The molecule has 0 saturated carbocycles. The normalized spacial score (nSPS) is 24.1. The molecular formula is C14H27N3O. The lowest BCUT2D eigenvalue weighted by Crippen LogP contribution is -2.48. The van der Waals surface area contributed by atoms with Crippen LogP contribution in [-0.4, -0.2) is 61.5 Å². The first-order chi connectivity index (χ1) is 8.79. The number of amides is 1. The number of hydrogen-bond acceptors (Lipinski definition) is 3. The van der Waals surface area contributed by atoms with Gasteiger partial charge in [0.05, 0.1) is 6.54 Å². The van der Waals surface area contributed by atoms with Crippen molar-refractivity contribution in [3.63, 3.8) is 0 Å². The summed E-state index contributed by atoms with van der Waals surface area (Å²) >= 11 is 0. The molecule has 2 aliphatic heterocycles. The Morgan fingerprint density at radius 3 is 2.78 bits per heavy atom. The molecule has 104 valence electrons. The summed E-state index contributed by atoms with van der Waals surface area (Å²) in [6, 6.07) is 0. The van der Waals surface area contributed by atoms with E-state index < -0.39 is 0 Å². The van der Waals surface area contributed by atoms with Gasteiger partial charge in [0, 0.05) is 19.6 Å². The van der Waals surface area contributed by atoms with Crippen molar-refractivity contribution in [2.75, 3.05) is 45.8 Å². The zero-order valence-electron chi connectivity index (χ0n) is 11.7. The van der Waals surface area contributed by atoms with Crippen molar-refractivity contribution >= 4 is 5.91 Å². The van der Waals surface area contributed by atoms with Crippen molar-refractivity contribution in [2.24, 2.45) is 5.92 Å². The second-order valence-corrected chi connectivity index (χ2v) is 5.68. The van der Waals surface area contributed by atoms with Gasteiger partial charge < -0.3 is 10.2 Å². The maximum Gasteiger partial charge on any atom is 0.236 e. The van der Waals surface area contributed by atoms with Crippen LogP contribution in [0, 0.1) is 5.92 Å². The third kappa shape index (κ3) is 3.95. The lowest BCUT2D eigenvalue weighted by molar-refractivity contribution is -0.136. The molecule has 2 rings (SSSR count). The average Bonchev–Trinajstić information content (AvgIpc) is 2.28. The molecule has 2 aliphatic rings. The van der Waals surface area contributed by atoms with Gasteiger partial charge >= 0.3 is 0 Å². The van der Waals surface area contributed by atoms with Crippen molar-refractivity contribution in [3.05, 3.63) is 0 Å². The number of piperidine rings is 1. The van der Waals surface area contributed by atoms with Gasteiger partial charge in [-0.15, -0.1) is 0 Å². The second-order valence-electron chi connectivity index (χ2n) is 5.68. The molecule has 18 heavy (non-hydrogen) atoms. The van der Waals surface area contributed by atoms with Crippen molar-refractivity contribution in [3.8, 4) is 0 Å². The second kappa shape index (κ2) is 7.10. The summed E-state index contributed by atoms with van der Waals surface area (Å²) in [7, 11) is 0. The van der Waals surface area contributed by atoms with Gasteiger partial charge in [-0.2, -0.15) is 0 Å². The summed E-state index contributed by atoms with van der Waals surface area (Å²) in [5.74, 6) is 1.06. The van der Waals surface area contributed by atoms with Crippen molar-refractivity contribution in [1.82, 2.24) is 15.1 Å². The highest BCUT2D eigenvalue weighted by Gasteiger charge is 2.23. The molecule has 0 aromatic rings. The highest BCUT2D eigenvalue weighted by Crippen LogP contribution is 2.13. The summed E-state index contributed by atoms with van der Waals surface area (Å²) < 4.78 is 0. The quantitative estimate of drug-likeness (QED) is 0.765. The molecule has 0 aromatic heterocycles. The topological polar surface area (TPSA) is 35.6 Å². The molecular weight excluding hydrogens is 226 g/mol. The predicted molar refractivity (Wildman–Crippen MR) is 73.5 cm³/mol. The number of carbonyl (C=O) groups excluding carboxylic acids is 1. The molecule has 4 nitrogen and oxygen atoms in total. The number of likely N-dealkylation sites (tertiary alicyclic amines) is 1. The Kier molecular flexibility index (Phi) is 5.45. The highest BCUT2D eigenvalue weighted by atomic mass is 16.2. The molecule has 4 heteroatoms. The molecule has 0 radical (unpaired) electrons. The fourth-order valence-electron chi connectivity index (χ4n) is 2.85. The Labute approximate surface area is 111 Å². The van der Waals surface area contributed by atoms with Gasteiger partial charge in [-0.05, 0) is 51.2 Å². The third-order valence-electron chi connectivity index (χ3n) is 4.02. The van der Waals surface area contributed by atoms with E-state index in [9.17, 15) is 4.79 Å². The standard InChI is InChI=1S/C14H27N3O/c1-2-7-16(11-13-5-3-6-15-10-13)12-14(18)17-8-4-9-17/h13,15H,2-12H2,1H3. The van der Waals surface area contributed by atoms with Crippen molar-refractivity contribution in [1.29, 1.82) is 0 Å². The van der Waals surface area contributed by atoms with Crippen molar-refractivity contribution < 1.29 is 4.79 Å². The number of hydrogen-bond donors (Lipinski definition) is 1. The molecule has 2 heterocycles.